The second kappa shape index (κ2) is 7.59. The molecule has 1 N–H and O–H groups in total. The molecule has 8 heteroatoms. The number of halogens is 2. The van der Waals surface area contributed by atoms with Crippen molar-refractivity contribution in [2.24, 2.45) is 0 Å². The Balaban J connectivity index is 2.35. The van der Waals surface area contributed by atoms with Crippen LogP contribution in [0.1, 0.15) is 52.7 Å². The lowest BCUT2D eigenvalue weighted by Crippen LogP contribution is -2.28. The summed E-state index contributed by atoms with van der Waals surface area (Å²) in [5, 5.41) is 21.4. The third kappa shape index (κ3) is 3.00. The van der Waals surface area contributed by atoms with Crippen LogP contribution in [0.5, 0.6) is 5.88 Å². The molecule has 5 nitrogen and oxygen atoms in total. The molecule has 1 aromatic carbocycles. The summed E-state index contributed by atoms with van der Waals surface area (Å²) in [5.41, 5.74) is -0.749. The highest BCUT2D eigenvalue weighted by Crippen LogP contribution is 2.41. The van der Waals surface area contributed by atoms with Crippen LogP contribution in [0.4, 0.5) is 0 Å². The summed E-state index contributed by atoms with van der Waals surface area (Å²) in [6.07, 6.45) is 0.536. The zero-order valence-corrected chi connectivity index (χ0v) is 17.7. The first-order valence-corrected chi connectivity index (χ1v) is 10.1. The molecular weight excluding hydrogens is 419 g/mol. The fourth-order valence-corrected chi connectivity index (χ4v) is 5.02. The Hall–Kier alpha value is -2.33. The van der Waals surface area contributed by atoms with Gasteiger partial charge in [0.1, 0.15) is 11.6 Å². The summed E-state index contributed by atoms with van der Waals surface area (Å²) < 4.78 is 1.82. The number of hydrogen-bond acceptors (Lipinski definition) is 5. The standard InChI is InChI=1S/C20H16Cl2N2O3S/c1-4-9(2)24-19(26)11(8-23)10(3)14(20(24)27)17(25)18-16(22)15-12(21)6-5-7-13(15)28-18/h5-7,9,27H,4H2,1-3H3. The van der Waals surface area contributed by atoms with Crippen molar-refractivity contribution < 1.29 is 9.90 Å². The van der Waals surface area contributed by atoms with E-state index in [4.69, 9.17) is 23.2 Å². The van der Waals surface area contributed by atoms with Gasteiger partial charge in [0.05, 0.1) is 20.5 Å². The van der Waals surface area contributed by atoms with E-state index in [2.05, 4.69) is 0 Å². The molecular formula is C20H16Cl2N2O3S. The van der Waals surface area contributed by atoms with E-state index in [1.807, 2.05) is 13.0 Å². The van der Waals surface area contributed by atoms with Crippen LogP contribution in [-0.2, 0) is 0 Å². The van der Waals surface area contributed by atoms with Gasteiger partial charge in [0.15, 0.2) is 0 Å². The van der Waals surface area contributed by atoms with E-state index in [1.54, 1.807) is 25.1 Å². The molecule has 0 amide bonds. The second-order valence-corrected chi connectivity index (χ2v) is 8.27. The number of carbonyl (C=O) groups is 1. The minimum Gasteiger partial charge on any atom is -0.494 e. The lowest BCUT2D eigenvalue weighted by molar-refractivity contribution is 0.103. The minimum atomic E-state index is -0.617. The van der Waals surface area contributed by atoms with E-state index in [1.165, 1.54) is 6.92 Å². The van der Waals surface area contributed by atoms with Crippen LogP contribution >= 0.6 is 34.5 Å². The first kappa shape index (κ1) is 20.4. The zero-order chi connectivity index (χ0) is 20.7. The van der Waals surface area contributed by atoms with Gasteiger partial charge in [0.25, 0.3) is 5.56 Å². The van der Waals surface area contributed by atoms with Crippen LogP contribution in [0.2, 0.25) is 10.0 Å². The van der Waals surface area contributed by atoms with Gasteiger partial charge < -0.3 is 5.11 Å². The maximum atomic E-state index is 13.3. The maximum absolute atomic E-state index is 13.3. The number of nitriles is 1. The van der Waals surface area contributed by atoms with Gasteiger partial charge in [-0.05, 0) is 38.0 Å². The van der Waals surface area contributed by atoms with Crippen molar-refractivity contribution in [2.45, 2.75) is 33.2 Å². The SMILES string of the molecule is CCC(C)n1c(O)c(C(=O)c2sc3cccc(Cl)c3c2Cl)c(C)c(C#N)c1=O. The molecule has 0 aliphatic heterocycles. The van der Waals surface area contributed by atoms with Crippen LogP contribution in [0.3, 0.4) is 0 Å². The number of nitrogens with zero attached hydrogens (tertiary/aromatic N) is 2. The molecule has 0 fully saturated rings. The number of hydrogen-bond donors (Lipinski definition) is 1. The Kier molecular flexibility index (Phi) is 5.53. The monoisotopic (exact) mass is 434 g/mol. The molecule has 144 valence electrons. The summed E-state index contributed by atoms with van der Waals surface area (Å²) in [6, 6.07) is 6.70. The van der Waals surface area contributed by atoms with Crippen molar-refractivity contribution in [1.82, 2.24) is 4.57 Å². The largest absolute Gasteiger partial charge is 0.494 e. The van der Waals surface area contributed by atoms with Crippen LogP contribution in [0.15, 0.2) is 23.0 Å². The Morgan fingerprint density at radius 1 is 1.39 bits per heavy atom. The van der Waals surface area contributed by atoms with E-state index in [9.17, 15) is 20.0 Å². The van der Waals surface area contributed by atoms with Crippen molar-refractivity contribution in [1.29, 1.82) is 5.26 Å². The van der Waals surface area contributed by atoms with Crippen molar-refractivity contribution in [3.63, 3.8) is 0 Å². The number of rotatable bonds is 4. The average Bonchev–Trinajstić information content (AvgIpc) is 2.99. The van der Waals surface area contributed by atoms with Gasteiger partial charge >= 0.3 is 0 Å². The third-order valence-corrected chi connectivity index (χ3v) is 6.78. The van der Waals surface area contributed by atoms with Crippen LogP contribution in [-0.4, -0.2) is 15.5 Å². The van der Waals surface area contributed by atoms with Crippen LogP contribution in [0.25, 0.3) is 10.1 Å². The Morgan fingerprint density at radius 3 is 2.64 bits per heavy atom. The number of thiophene rings is 1. The van der Waals surface area contributed by atoms with Crippen molar-refractivity contribution in [3.8, 4) is 11.9 Å². The van der Waals surface area contributed by atoms with Crippen molar-refractivity contribution in [2.75, 3.05) is 0 Å². The molecule has 28 heavy (non-hydrogen) atoms. The van der Waals surface area contributed by atoms with E-state index in [0.717, 1.165) is 20.6 Å². The highest BCUT2D eigenvalue weighted by Gasteiger charge is 2.29. The number of fused-ring (bicyclic) bond motifs is 1. The lowest BCUT2D eigenvalue weighted by atomic mass is 10.00. The van der Waals surface area contributed by atoms with Gasteiger partial charge in [0.2, 0.25) is 11.7 Å². The average molecular weight is 435 g/mol. The number of benzene rings is 1. The number of ketones is 1. The van der Waals surface area contributed by atoms with E-state index >= 15 is 0 Å². The Bertz CT molecular complexity index is 1220. The summed E-state index contributed by atoms with van der Waals surface area (Å²) in [6.45, 7) is 5.05. The summed E-state index contributed by atoms with van der Waals surface area (Å²) in [5.74, 6) is -1.01. The molecule has 0 aliphatic rings. The topological polar surface area (TPSA) is 83.1 Å². The molecule has 2 aromatic heterocycles. The normalized spacial score (nSPS) is 12.1. The quantitative estimate of drug-likeness (QED) is 0.552. The smallest absolute Gasteiger partial charge is 0.271 e. The molecule has 0 radical (unpaired) electrons. The molecule has 0 saturated carbocycles. The predicted octanol–water partition coefficient (Wildman–Crippen LogP) is 5.46. The van der Waals surface area contributed by atoms with Gasteiger partial charge in [-0.3, -0.25) is 14.2 Å². The molecule has 0 spiro atoms. The second-order valence-electron chi connectivity index (χ2n) is 6.43. The minimum absolute atomic E-state index is 0.0963. The van der Waals surface area contributed by atoms with E-state index in [0.29, 0.717) is 16.8 Å². The first-order chi connectivity index (χ1) is 13.2. The third-order valence-electron chi connectivity index (χ3n) is 4.82. The lowest BCUT2D eigenvalue weighted by Gasteiger charge is -2.19. The van der Waals surface area contributed by atoms with E-state index in [-0.39, 0.29) is 32.6 Å². The zero-order valence-electron chi connectivity index (χ0n) is 15.3. The fourth-order valence-electron chi connectivity index (χ4n) is 3.12. The number of aromatic hydroxyl groups is 1. The summed E-state index contributed by atoms with van der Waals surface area (Å²) in [7, 11) is 0. The molecule has 3 rings (SSSR count). The predicted molar refractivity (Wildman–Crippen MR) is 112 cm³/mol. The fraction of sp³-hybridized carbons (Fsp3) is 0.250. The van der Waals surface area contributed by atoms with Crippen molar-refractivity contribution >= 4 is 50.4 Å². The van der Waals surface area contributed by atoms with Gasteiger partial charge in [-0.1, -0.05) is 36.2 Å². The highest BCUT2D eigenvalue weighted by atomic mass is 35.5. The Morgan fingerprint density at radius 2 is 2.07 bits per heavy atom. The van der Waals surface area contributed by atoms with Crippen LogP contribution in [0, 0.1) is 18.3 Å². The molecule has 0 aliphatic carbocycles. The molecule has 1 atom stereocenters. The van der Waals surface area contributed by atoms with Gasteiger partial charge in [-0.25, -0.2) is 0 Å². The highest BCUT2D eigenvalue weighted by molar-refractivity contribution is 7.22. The van der Waals surface area contributed by atoms with Gasteiger partial charge in [-0.15, -0.1) is 11.3 Å². The number of carbonyl (C=O) groups excluding carboxylic acids is 1. The van der Waals surface area contributed by atoms with Gasteiger partial charge in [-0.2, -0.15) is 5.26 Å². The Labute approximate surface area is 175 Å². The molecule has 3 aromatic rings. The molecule has 0 bridgehead atoms. The van der Waals surface area contributed by atoms with E-state index < -0.39 is 17.2 Å². The number of aromatic nitrogens is 1. The van der Waals surface area contributed by atoms with Gasteiger partial charge in [0, 0.05) is 16.1 Å². The summed E-state index contributed by atoms with van der Waals surface area (Å²) in [4.78, 5) is 26.2. The molecule has 0 saturated heterocycles. The van der Waals surface area contributed by atoms with Crippen LogP contribution < -0.4 is 5.56 Å². The van der Waals surface area contributed by atoms with Crippen molar-refractivity contribution in [3.05, 3.63) is 60.2 Å². The molecule has 2 heterocycles. The summed E-state index contributed by atoms with van der Waals surface area (Å²) >= 11 is 13.8. The first-order valence-electron chi connectivity index (χ1n) is 8.53. The maximum Gasteiger partial charge on any atom is 0.271 e. The number of pyridine rings is 1. The molecule has 1 unspecified atom stereocenters.